The lowest BCUT2D eigenvalue weighted by molar-refractivity contribution is -0.117. The molecule has 1 fully saturated rings. The van der Waals surface area contributed by atoms with Gasteiger partial charge in [-0.3, -0.25) is 14.4 Å². The third-order valence-electron chi connectivity index (χ3n) is 4.12. The van der Waals surface area contributed by atoms with E-state index >= 15 is 0 Å². The molecule has 3 amide bonds. The Morgan fingerprint density at radius 3 is 2.40 bits per heavy atom. The first-order chi connectivity index (χ1) is 12.1. The van der Waals surface area contributed by atoms with Crippen LogP contribution in [-0.4, -0.2) is 31.3 Å². The zero-order valence-electron chi connectivity index (χ0n) is 13.9. The summed E-state index contributed by atoms with van der Waals surface area (Å²) >= 11 is 0. The van der Waals surface area contributed by atoms with Gasteiger partial charge in [0, 0.05) is 42.5 Å². The molecule has 0 aromatic heterocycles. The number of hydrogen-bond acceptors (Lipinski definition) is 3. The zero-order chi connectivity index (χ0) is 17.8. The first-order valence-electron chi connectivity index (χ1n) is 8.12. The summed E-state index contributed by atoms with van der Waals surface area (Å²) in [5.41, 5.74) is 2.31. The minimum absolute atomic E-state index is 0.114. The Balaban J connectivity index is 1.71. The summed E-state index contributed by atoms with van der Waals surface area (Å²) in [4.78, 5) is 37.5. The molecular formula is C19H19N3O3. The van der Waals surface area contributed by atoms with E-state index in [1.54, 1.807) is 60.5 Å². The van der Waals surface area contributed by atoms with Crippen molar-refractivity contribution in [2.45, 2.75) is 12.8 Å². The lowest BCUT2D eigenvalue weighted by Crippen LogP contribution is -2.23. The van der Waals surface area contributed by atoms with Gasteiger partial charge in [-0.15, -0.1) is 0 Å². The second-order valence-corrected chi connectivity index (χ2v) is 5.81. The highest BCUT2D eigenvalue weighted by atomic mass is 16.2. The van der Waals surface area contributed by atoms with Gasteiger partial charge in [0.05, 0.1) is 0 Å². The average molecular weight is 337 g/mol. The Kier molecular flexibility index (Phi) is 4.79. The van der Waals surface area contributed by atoms with Gasteiger partial charge in [-0.25, -0.2) is 0 Å². The van der Waals surface area contributed by atoms with Gasteiger partial charge in [0.2, 0.25) is 5.91 Å². The molecule has 128 valence electrons. The lowest BCUT2D eigenvalue weighted by Gasteiger charge is -2.15. The van der Waals surface area contributed by atoms with E-state index in [1.807, 2.05) is 0 Å². The molecule has 0 spiro atoms. The summed E-state index contributed by atoms with van der Waals surface area (Å²) in [6.07, 6.45) is 1.44. The van der Waals surface area contributed by atoms with E-state index < -0.39 is 0 Å². The molecule has 2 aromatic rings. The minimum Gasteiger partial charge on any atom is -0.355 e. The van der Waals surface area contributed by atoms with Gasteiger partial charge in [0.1, 0.15) is 0 Å². The van der Waals surface area contributed by atoms with Crippen molar-refractivity contribution in [3.8, 4) is 0 Å². The molecule has 0 aliphatic carbocycles. The molecule has 1 saturated heterocycles. The quantitative estimate of drug-likeness (QED) is 0.899. The number of carbonyl (C=O) groups is 3. The SMILES string of the molecule is CNC(=O)c1cccc(NC(=O)c2ccc(N3CCCC3=O)cc2)c1. The van der Waals surface area contributed by atoms with E-state index in [0.717, 1.165) is 18.7 Å². The molecule has 25 heavy (non-hydrogen) atoms. The van der Waals surface area contributed by atoms with Crippen LogP contribution in [0, 0.1) is 0 Å². The number of rotatable bonds is 4. The number of nitrogens with zero attached hydrogens (tertiary/aromatic N) is 1. The summed E-state index contributed by atoms with van der Waals surface area (Å²) in [7, 11) is 1.56. The molecule has 2 N–H and O–H groups in total. The molecule has 0 bridgehead atoms. The maximum Gasteiger partial charge on any atom is 0.255 e. The van der Waals surface area contributed by atoms with Gasteiger partial charge >= 0.3 is 0 Å². The van der Waals surface area contributed by atoms with E-state index in [2.05, 4.69) is 10.6 Å². The Labute approximate surface area is 145 Å². The predicted octanol–water partition coefficient (Wildman–Crippen LogP) is 2.43. The van der Waals surface area contributed by atoms with Crippen LogP contribution < -0.4 is 15.5 Å². The summed E-state index contributed by atoms with van der Waals surface area (Å²) in [5.74, 6) is -0.368. The smallest absolute Gasteiger partial charge is 0.255 e. The average Bonchev–Trinajstić information content (AvgIpc) is 3.07. The molecule has 3 rings (SSSR count). The highest BCUT2D eigenvalue weighted by Gasteiger charge is 2.21. The molecule has 0 atom stereocenters. The van der Waals surface area contributed by atoms with Crippen molar-refractivity contribution in [3.63, 3.8) is 0 Å². The van der Waals surface area contributed by atoms with Crippen LogP contribution in [0.3, 0.4) is 0 Å². The van der Waals surface area contributed by atoms with E-state index in [4.69, 9.17) is 0 Å². The minimum atomic E-state index is -0.270. The summed E-state index contributed by atoms with van der Waals surface area (Å²) in [6, 6.07) is 13.7. The van der Waals surface area contributed by atoms with Gasteiger partial charge in [0.15, 0.2) is 0 Å². The van der Waals surface area contributed by atoms with Crippen molar-refractivity contribution in [2.75, 3.05) is 23.8 Å². The summed E-state index contributed by atoms with van der Waals surface area (Å²) < 4.78 is 0. The second-order valence-electron chi connectivity index (χ2n) is 5.81. The van der Waals surface area contributed by atoms with Crippen LogP contribution in [0.15, 0.2) is 48.5 Å². The van der Waals surface area contributed by atoms with E-state index in [-0.39, 0.29) is 17.7 Å². The number of anilines is 2. The fourth-order valence-electron chi connectivity index (χ4n) is 2.80. The van der Waals surface area contributed by atoms with Crippen molar-refractivity contribution in [1.82, 2.24) is 5.32 Å². The number of hydrogen-bond donors (Lipinski definition) is 2. The first kappa shape index (κ1) is 16.7. The van der Waals surface area contributed by atoms with Crippen molar-refractivity contribution >= 4 is 29.1 Å². The molecule has 1 aliphatic rings. The highest BCUT2D eigenvalue weighted by Crippen LogP contribution is 2.22. The largest absolute Gasteiger partial charge is 0.355 e. The molecule has 6 heteroatoms. The lowest BCUT2D eigenvalue weighted by atomic mass is 10.1. The van der Waals surface area contributed by atoms with Crippen LogP contribution in [-0.2, 0) is 4.79 Å². The molecular weight excluding hydrogens is 318 g/mol. The topological polar surface area (TPSA) is 78.5 Å². The molecule has 0 radical (unpaired) electrons. The van der Waals surface area contributed by atoms with Gasteiger partial charge in [-0.05, 0) is 48.9 Å². The Bertz CT molecular complexity index is 815. The Morgan fingerprint density at radius 2 is 1.76 bits per heavy atom. The molecule has 1 aliphatic heterocycles. The van der Waals surface area contributed by atoms with Crippen LogP contribution in [0.1, 0.15) is 33.6 Å². The standard InChI is InChI=1S/C19H19N3O3/c1-20-18(24)14-4-2-5-15(12-14)21-19(25)13-7-9-16(10-8-13)22-11-3-6-17(22)23/h2,4-5,7-10,12H,3,6,11H2,1H3,(H,20,24)(H,21,25). The van der Waals surface area contributed by atoms with Crippen molar-refractivity contribution < 1.29 is 14.4 Å². The highest BCUT2D eigenvalue weighted by molar-refractivity contribution is 6.05. The number of carbonyl (C=O) groups excluding carboxylic acids is 3. The first-order valence-corrected chi connectivity index (χ1v) is 8.12. The third-order valence-corrected chi connectivity index (χ3v) is 4.12. The Hall–Kier alpha value is -3.15. The maximum atomic E-state index is 12.4. The summed E-state index contributed by atoms with van der Waals surface area (Å²) in [6.45, 7) is 0.719. The third kappa shape index (κ3) is 3.68. The van der Waals surface area contributed by atoms with E-state index in [0.29, 0.717) is 23.2 Å². The van der Waals surface area contributed by atoms with Gasteiger partial charge in [0.25, 0.3) is 11.8 Å². The van der Waals surface area contributed by atoms with E-state index in [9.17, 15) is 14.4 Å². The fourth-order valence-corrected chi connectivity index (χ4v) is 2.80. The van der Waals surface area contributed by atoms with Crippen molar-refractivity contribution in [3.05, 3.63) is 59.7 Å². The number of benzene rings is 2. The summed E-state index contributed by atoms with van der Waals surface area (Å²) in [5, 5.41) is 5.32. The maximum absolute atomic E-state index is 12.4. The monoisotopic (exact) mass is 337 g/mol. The normalized spacial score (nSPS) is 13.6. The van der Waals surface area contributed by atoms with Crippen LogP contribution in [0.4, 0.5) is 11.4 Å². The van der Waals surface area contributed by atoms with Gasteiger partial charge in [-0.1, -0.05) is 6.07 Å². The van der Waals surface area contributed by atoms with Gasteiger partial charge in [-0.2, -0.15) is 0 Å². The van der Waals surface area contributed by atoms with Crippen molar-refractivity contribution in [2.24, 2.45) is 0 Å². The number of nitrogens with one attached hydrogen (secondary N) is 2. The van der Waals surface area contributed by atoms with Crippen LogP contribution in [0.25, 0.3) is 0 Å². The molecule has 2 aromatic carbocycles. The van der Waals surface area contributed by atoms with E-state index in [1.165, 1.54) is 0 Å². The molecule has 6 nitrogen and oxygen atoms in total. The van der Waals surface area contributed by atoms with Gasteiger partial charge < -0.3 is 15.5 Å². The van der Waals surface area contributed by atoms with Crippen LogP contribution in [0.5, 0.6) is 0 Å². The van der Waals surface area contributed by atoms with Crippen LogP contribution >= 0.6 is 0 Å². The van der Waals surface area contributed by atoms with Crippen molar-refractivity contribution in [1.29, 1.82) is 0 Å². The fraction of sp³-hybridized carbons (Fsp3) is 0.211. The second kappa shape index (κ2) is 7.17. The predicted molar refractivity (Wildman–Crippen MR) is 95.8 cm³/mol. The molecule has 1 heterocycles. The molecule has 0 unspecified atom stereocenters. The van der Waals surface area contributed by atoms with Crippen LogP contribution in [0.2, 0.25) is 0 Å². The zero-order valence-corrected chi connectivity index (χ0v) is 13.9. The Morgan fingerprint density at radius 1 is 1.00 bits per heavy atom. The number of amides is 3. The molecule has 0 saturated carbocycles.